The van der Waals surface area contributed by atoms with Crippen molar-refractivity contribution in [3.05, 3.63) is 40.7 Å². The van der Waals surface area contributed by atoms with Gasteiger partial charge in [-0.25, -0.2) is 0 Å². The van der Waals surface area contributed by atoms with Crippen molar-refractivity contribution < 1.29 is 9.53 Å². The van der Waals surface area contributed by atoms with Crippen molar-refractivity contribution in [2.75, 3.05) is 26.0 Å². The Morgan fingerprint density at radius 2 is 2.09 bits per heavy atom. The molecule has 23 heavy (non-hydrogen) atoms. The summed E-state index contributed by atoms with van der Waals surface area (Å²) < 4.78 is 5.26. The predicted octanol–water partition coefficient (Wildman–Crippen LogP) is 2.41. The summed E-state index contributed by atoms with van der Waals surface area (Å²) in [6.45, 7) is 6.78. The van der Waals surface area contributed by atoms with Crippen LogP contribution in [0.1, 0.15) is 22.5 Å². The molecule has 0 spiro atoms. The predicted molar refractivity (Wildman–Crippen MR) is 90.8 cm³/mol. The summed E-state index contributed by atoms with van der Waals surface area (Å²) in [5.74, 6) is 0.824. The zero-order valence-electron chi connectivity index (χ0n) is 14.4. The van der Waals surface area contributed by atoms with Crippen LogP contribution in [0.15, 0.2) is 18.2 Å². The Bertz CT molecular complexity index is 674. The first kappa shape index (κ1) is 17.0. The summed E-state index contributed by atoms with van der Waals surface area (Å²) in [6.07, 6.45) is 0. The maximum absolute atomic E-state index is 12.2. The van der Waals surface area contributed by atoms with E-state index in [0.29, 0.717) is 13.1 Å². The highest BCUT2D eigenvalue weighted by molar-refractivity contribution is 5.93. The number of aromatic amines is 1. The van der Waals surface area contributed by atoms with E-state index in [2.05, 4.69) is 21.6 Å². The number of nitrogens with zero attached hydrogens (tertiary/aromatic N) is 2. The maximum Gasteiger partial charge on any atom is 0.238 e. The molecule has 0 aliphatic rings. The highest BCUT2D eigenvalue weighted by Crippen LogP contribution is 2.19. The lowest BCUT2D eigenvalue weighted by Gasteiger charge is -2.17. The van der Waals surface area contributed by atoms with E-state index < -0.39 is 0 Å². The van der Waals surface area contributed by atoms with E-state index in [1.165, 1.54) is 0 Å². The Balaban J connectivity index is 1.92. The lowest BCUT2D eigenvalue weighted by atomic mass is 10.1. The molecule has 1 heterocycles. The molecule has 2 aromatic rings. The zero-order valence-corrected chi connectivity index (χ0v) is 14.4. The van der Waals surface area contributed by atoms with Crippen molar-refractivity contribution in [2.24, 2.45) is 0 Å². The fourth-order valence-corrected chi connectivity index (χ4v) is 2.57. The second-order valence-electron chi connectivity index (χ2n) is 5.83. The van der Waals surface area contributed by atoms with Gasteiger partial charge in [-0.05, 0) is 45.0 Å². The van der Waals surface area contributed by atoms with Crippen LogP contribution in [0.25, 0.3) is 0 Å². The number of nitrogens with one attached hydrogen (secondary N) is 2. The Morgan fingerprint density at radius 1 is 1.35 bits per heavy atom. The number of anilines is 1. The lowest BCUT2D eigenvalue weighted by Crippen LogP contribution is -2.30. The Morgan fingerprint density at radius 3 is 2.65 bits per heavy atom. The molecule has 1 aromatic carbocycles. The SMILES string of the molecule is COc1ccc(CN(C)CC(=O)Nc2c(C)n[nH]c2C)cc1C. The second-order valence-corrected chi connectivity index (χ2v) is 5.83. The van der Waals surface area contributed by atoms with E-state index in [9.17, 15) is 4.79 Å². The molecule has 0 saturated carbocycles. The van der Waals surface area contributed by atoms with Crippen LogP contribution in [-0.2, 0) is 11.3 Å². The van der Waals surface area contributed by atoms with Gasteiger partial charge in [0.15, 0.2) is 0 Å². The number of benzene rings is 1. The molecule has 0 aliphatic carbocycles. The molecule has 1 aromatic heterocycles. The second kappa shape index (κ2) is 7.28. The van der Waals surface area contributed by atoms with E-state index in [4.69, 9.17) is 4.74 Å². The van der Waals surface area contributed by atoms with Crippen molar-refractivity contribution in [1.29, 1.82) is 0 Å². The van der Waals surface area contributed by atoms with Gasteiger partial charge in [0.2, 0.25) is 5.91 Å². The van der Waals surface area contributed by atoms with Gasteiger partial charge in [0.1, 0.15) is 5.75 Å². The fourth-order valence-electron chi connectivity index (χ4n) is 2.57. The van der Waals surface area contributed by atoms with E-state index in [0.717, 1.165) is 34.0 Å². The van der Waals surface area contributed by atoms with Crippen LogP contribution >= 0.6 is 0 Å². The van der Waals surface area contributed by atoms with Gasteiger partial charge in [0.25, 0.3) is 0 Å². The monoisotopic (exact) mass is 316 g/mol. The summed E-state index contributed by atoms with van der Waals surface area (Å²) >= 11 is 0. The number of ether oxygens (including phenoxy) is 1. The number of likely N-dealkylation sites (N-methyl/N-ethyl adjacent to an activating group) is 1. The van der Waals surface area contributed by atoms with Crippen molar-refractivity contribution >= 4 is 11.6 Å². The van der Waals surface area contributed by atoms with Crippen LogP contribution < -0.4 is 10.1 Å². The molecule has 6 heteroatoms. The minimum absolute atomic E-state index is 0.0506. The molecule has 1 amide bonds. The van der Waals surface area contributed by atoms with Crippen LogP contribution in [0.4, 0.5) is 5.69 Å². The molecule has 0 atom stereocenters. The maximum atomic E-state index is 12.2. The molecule has 0 saturated heterocycles. The minimum atomic E-state index is -0.0506. The molecule has 2 rings (SSSR count). The van der Waals surface area contributed by atoms with Crippen molar-refractivity contribution in [3.63, 3.8) is 0 Å². The van der Waals surface area contributed by atoms with Crippen LogP contribution in [0, 0.1) is 20.8 Å². The van der Waals surface area contributed by atoms with E-state index in [1.807, 2.05) is 44.9 Å². The highest BCUT2D eigenvalue weighted by Gasteiger charge is 2.12. The zero-order chi connectivity index (χ0) is 17.0. The van der Waals surface area contributed by atoms with Gasteiger partial charge in [0, 0.05) is 6.54 Å². The largest absolute Gasteiger partial charge is 0.496 e. The number of aryl methyl sites for hydroxylation is 3. The third kappa shape index (κ3) is 4.32. The molecule has 2 N–H and O–H groups in total. The van der Waals surface area contributed by atoms with Crippen molar-refractivity contribution in [2.45, 2.75) is 27.3 Å². The number of methoxy groups -OCH3 is 1. The number of amides is 1. The smallest absolute Gasteiger partial charge is 0.238 e. The minimum Gasteiger partial charge on any atom is -0.496 e. The molecular formula is C17H24N4O2. The number of rotatable bonds is 6. The van der Waals surface area contributed by atoms with Gasteiger partial charge in [-0.1, -0.05) is 12.1 Å². The number of H-pyrrole nitrogens is 1. The molecule has 6 nitrogen and oxygen atoms in total. The van der Waals surface area contributed by atoms with E-state index in [1.54, 1.807) is 7.11 Å². The van der Waals surface area contributed by atoms with Crippen LogP contribution in [-0.4, -0.2) is 41.7 Å². The van der Waals surface area contributed by atoms with Crippen LogP contribution in [0.5, 0.6) is 5.75 Å². The van der Waals surface area contributed by atoms with Gasteiger partial charge >= 0.3 is 0 Å². The van der Waals surface area contributed by atoms with Crippen LogP contribution in [0.2, 0.25) is 0 Å². The summed E-state index contributed by atoms with van der Waals surface area (Å²) in [7, 11) is 3.59. The quantitative estimate of drug-likeness (QED) is 0.858. The lowest BCUT2D eigenvalue weighted by molar-refractivity contribution is -0.117. The molecule has 0 aliphatic heterocycles. The first-order valence-electron chi connectivity index (χ1n) is 7.54. The fraction of sp³-hybridized carbons (Fsp3) is 0.412. The average molecular weight is 316 g/mol. The molecule has 0 unspecified atom stereocenters. The summed E-state index contributed by atoms with van der Waals surface area (Å²) in [5, 5.41) is 9.85. The van der Waals surface area contributed by atoms with E-state index in [-0.39, 0.29) is 5.91 Å². The Labute approximate surface area is 136 Å². The number of carbonyl (C=O) groups is 1. The molecular weight excluding hydrogens is 292 g/mol. The number of carbonyl (C=O) groups excluding carboxylic acids is 1. The standard InChI is InChI=1S/C17H24N4O2/c1-11-8-14(6-7-15(11)23-5)9-21(4)10-16(22)18-17-12(2)19-20-13(17)3/h6-8H,9-10H2,1-5H3,(H,18,22)(H,19,20). The van der Waals surface area contributed by atoms with Gasteiger partial charge in [-0.2, -0.15) is 5.10 Å². The van der Waals surface area contributed by atoms with Gasteiger partial charge in [-0.3, -0.25) is 14.8 Å². The van der Waals surface area contributed by atoms with Crippen molar-refractivity contribution in [3.8, 4) is 5.75 Å². The van der Waals surface area contributed by atoms with Gasteiger partial charge < -0.3 is 10.1 Å². The van der Waals surface area contributed by atoms with Gasteiger partial charge in [-0.15, -0.1) is 0 Å². The number of aromatic nitrogens is 2. The van der Waals surface area contributed by atoms with Crippen LogP contribution in [0.3, 0.4) is 0 Å². The first-order valence-corrected chi connectivity index (χ1v) is 7.54. The molecule has 124 valence electrons. The molecule has 0 radical (unpaired) electrons. The average Bonchev–Trinajstić information content (AvgIpc) is 2.79. The Hall–Kier alpha value is -2.34. The number of hydrogen-bond donors (Lipinski definition) is 2. The third-order valence-corrected chi connectivity index (χ3v) is 3.72. The topological polar surface area (TPSA) is 70.2 Å². The van der Waals surface area contributed by atoms with Crippen molar-refractivity contribution in [1.82, 2.24) is 15.1 Å². The summed E-state index contributed by atoms with van der Waals surface area (Å²) in [5.41, 5.74) is 4.67. The molecule has 0 fully saturated rings. The third-order valence-electron chi connectivity index (χ3n) is 3.72. The van der Waals surface area contributed by atoms with E-state index >= 15 is 0 Å². The Kier molecular flexibility index (Phi) is 5.39. The summed E-state index contributed by atoms with van der Waals surface area (Å²) in [6, 6.07) is 6.05. The normalized spacial score (nSPS) is 10.9. The number of hydrogen-bond acceptors (Lipinski definition) is 4. The molecule has 0 bridgehead atoms. The highest BCUT2D eigenvalue weighted by atomic mass is 16.5. The summed E-state index contributed by atoms with van der Waals surface area (Å²) in [4.78, 5) is 14.1. The van der Waals surface area contributed by atoms with Gasteiger partial charge in [0.05, 0.1) is 30.7 Å². The first-order chi connectivity index (χ1) is 10.9.